The molecular formula is C55H33N3. The van der Waals surface area contributed by atoms with E-state index in [0.29, 0.717) is 0 Å². The Labute approximate surface area is 334 Å². The Morgan fingerprint density at radius 1 is 0.448 bits per heavy atom. The molecule has 0 radical (unpaired) electrons. The van der Waals surface area contributed by atoms with Crippen LogP contribution in [-0.2, 0) is 0 Å². The summed E-state index contributed by atoms with van der Waals surface area (Å²) in [4.78, 5) is 14.9. The SMILES string of the molecule is C1=CC2=CC=C(c3cc4cccnc4c4ncccc34)C3=CC=C4C=C(c5ccc(-c6nc7ccccc7c7c8ccccc8c8ccccc8c67)cc5)C=C1C4C23. The highest BCUT2D eigenvalue weighted by Gasteiger charge is 2.40. The van der Waals surface area contributed by atoms with Gasteiger partial charge >= 0.3 is 0 Å². The molecule has 3 aromatic heterocycles. The molecule has 3 heterocycles. The normalized spacial score (nSPS) is 18.2. The van der Waals surface area contributed by atoms with Crippen molar-refractivity contribution in [1.82, 2.24) is 15.0 Å². The summed E-state index contributed by atoms with van der Waals surface area (Å²) >= 11 is 0. The molecule has 6 aromatic carbocycles. The second kappa shape index (κ2) is 12.0. The van der Waals surface area contributed by atoms with Gasteiger partial charge in [-0.1, -0.05) is 152 Å². The zero-order chi connectivity index (χ0) is 37.9. The maximum Gasteiger partial charge on any atom is 0.0970 e. The number of aromatic nitrogens is 3. The topological polar surface area (TPSA) is 38.7 Å². The van der Waals surface area contributed by atoms with Gasteiger partial charge in [0.05, 0.1) is 22.2 Å². The van der Waals surface area contributed by atoms with E-state index in [2.05, 4.69) is 164 Å². The van der Waals surface area contributed by atoms with E-state index in [4.69, 9.17) is 15.0 Å². The summed E-state index contributed by atoms with van der Waals surface area (Å²) in [6.07, 6.45) is 22.6. The van der Waals surface area contributed by atoms with Crippen LogP contribution in [0.5, 0.6) is 0 Å². The van der Waals surface area contributed by atoms with Crippen LogP contribution < -0.4 is 0 Å². The average Bonchev–Trinajstić information content (AvgIpc) is 3.30. The molecule has 268 valence electrons. The number of benzene rings is 6. The van der Waals surface area contributed by atoms with E-state index >= 15 is 0 Å². The van der Waals surface area contributed by atoms with Crippen molar-refractivity contribution in [2.45, 2.75) is 0 Å². The molecule has 13 rings (SSSR count). The van der Waals surface area contributed by atoms with Crippen molar-refractivity contribution in [3.05, 3.63) is 222 Å². The lowest BCUT2D eigenvalue weighted by Crippen LogP contribution is -2.29. The van der Waals surface area contributed by atoms with Gasteiger partial charge in [-0.25, -0.2) is 4.98 Å². The van der Waals surface area contributed by atoms with Crippen molar-refractivity contribution in [2.24, 2.45) is 11.8 Å². The van der Waals surface area contributed by atoms with Crippen molar-refractivity contribution >= 4 is 76.2 Å². The molecule has 9 aromatic rings. The fourth-order valence-corrected chi connectivity index (χ4v) is 10.4. The summed E-state index contributed by atoms with van der Waals surface area (Å²) in [7, 11) is 0. The molecule has 2 unspecified atom stereocenters. The molecule has 0 aliphatic heterocycles. The number of pyridine rings is 3. The second-order valence-corrected chi connectivity index (χ2v) is 15.9. The minimum atomic E-state index is 0.255. The molecular weight excluding hydrogens is 703 g/mol. The van der Waals surface area contributed by atoms with Gasteiger partial charge in [0, 0.05) is 56.7 Å². The molecule has 3 heteroatoms. The average molecular weight is 736 g/mol. The predicted molar refractivity (Wildman–Crippen MR) is 241 cm³/mol. The van der Waals surface area contributed by atoms with Gasteiger partial charge in [-0.2, -0.15) is 0 Å². The van der Waals surface area contributed by atoms with Crippen LogP contribution in [0.25, 0.3) is 87.4 Å². The minimum absolute atomic E-state index is 0.255. The van der Waals surface area contributed by atoms with E-state index in [9.17, 15) is 0 Å². The predicted octanol–water partition coefficient (Wildman–Crippen LogP) is 13.5. The van der Waals surface area contributed by atoms with Crippen molar-refractivity contribution < 1.29 is 0 Å². The molecule has 0 spiro atoms. The molecule has 0 saturated carbocycles. The number of nitrogens with zero attached hydrogens (tertiary/aromatic N) is 3. The lowest BCUT2D eigenvalue weighted by molar-refractivity contribution is 0.568. The summed E-state index contributed by atoms with van der Waals surface area (Å²) < 4.78 is 0. The Morgan fingerprint density at radius 2 is 1.10 bits per heavy atom. The first-order valence-corrected chi connectivity index (χ1v) is 20.1. The Hall–Kier alpha value is -7.49. The maximum atomic E-state index is 5.39. The first-order valence-electron chi connectivity index (χ1n) is 20.1. The van der Waals surface area contributed by atoms with Crippen LogP contribution in [0.2, 0.25) is 0 Å². The van der Waals surface area contributed by atoms with Crippen LogP contribution in [0.15, 0.2) is 211 Å². The molecule has 58 heavy (non-hydrogen) atoms. The Morgan fingerprint density at radius 3 is 1.93 bits per heavy atom. The quantitative estimate of drug-likeness (QED) is 0.170. The molecule has 0 fully saturated rings. The molecule has 0 amide bonds. The Bertz CT molecular complexity index is 3550. The molecule has 0 bridgehead atoms. The van der Waals surface area contributed by atoms with Gasteiger partial charge in [-0.15, -0.1) is 0 Å². The number of hydrogen-bond donors (Lipinski definition) is 0. The third kappa shape index (κ3) is 4.47. The lowest BCUT2D eigenvalue weighted by atomic mass is 9.61. The standard InChI is InChI=1S/C55H33N3/c1-3-12-42-39(10-1)40-11-2-4-13-43(40)52-51(42)46-14-5-6-16-48(46)58-53(52)34-20-17-32(18-21-34)38-29-35-22-19-33-23-25-41(44-26-24-36(30-38)49(35)50(33)44)47-31-37-9-7-27-56-54(37)55-45(47)15-8-28-57-55/h1-31,49-50H. The Balaban J connectivity index is 0.931. The zero-order valence-electron chi connectivity index (χ0n) is 31.4. The summed E-state index contributed by atoms with van der Waals surface area (Å²) in [5.74, 6) is 0.525. The Kier molecular flexibility index (Phi) is 6.56. The van der Waals surface area contributed by atoms with E-state index in [-0.39, 0.29) is 11.8 Å². The van der Waals surface area contributed by atoms with E-state index in [1.54, 1.807) is 0 Å². The maximum absolute atomic E-state index is 5.39. The van der Waals surface area contributed by atoms with Crippen molar-refractivity contribution in [3.63, 3.8) is 0 Å². The molecule has 0 saturated heterocycles. The fourth-order valence-electron chi connectivity index (χ4n) is 10.4. The van der Waals surface area contributed by atoms with Gasteiger partial charge in [-0.05, 0) is 90.4 Å². The zero-order valence-corrected chi connectivity index (χ0v) is 31.4. The van der Waals surface area contributed by atoms with Gasteiger partial charge in [0.25, 0.3) is 0 Å². The van der Waals surface area contributed by atoms with Crippen molar-refractivity contribution in [2.75, 3.05) is 0 Å². The smallest absolute Gasteiger partial charge is 0.0970 e. The highest BCUT2D eigenvalue weighted by atomic mass is 14.7. The third-order valence-corrected chi connectivity index (χ3v) is 12.9. The summed E-state index contributed by atoms with van der Waals surface area (Å²) in [5.41, 5.74) is 15.4. The van der Waals surface area contributed by atoms with Gasteiger partial charge in [0.2, 0.25) is 0 Å². The number of allylic oxidation sites excluding steroid dienone is 14. The monoisotopic (exact) mass is 735 g/mol. The fraction of sp³-hybridized carbons (Fsp3) is 0.0364. The highest BCUT2D eigenvalue weighted by molar-refractivity contribution is 6.33. The molecule has 4 aliphatic rings. The van der Waals surface area contributed by atoms with E-state index in [1.165, 1.54) is 82.3 Å². The van der Waals surface area contributed by atoms with Gasteiger partial charge < -0.3 is 0 Å². The van der Waals surface area contributed by atoms with Crippen LogP contribution in [0.4, 0.5) is 0 Å². The summed E-state index contributed by atoms with van der Waals surface area (Å²) in [6, 6.07) is 46.0. The number of rotatable bonds is 3. The van der Waals surface area contributed by atoms with Crippen LogP contribution >= 0.6 is 0 Å². The lowest BCUT2D eigenvalue weighted by Gasteiger charge is -2.42. The van der Waals surface area contributed by atoms with Crippen LogP contribution in [0.3, 0.4) is 0 Å². The summed E-state index contributed by atoms with van der Waals surface area (Å²) in [5, 5.41) is 10.9. The number of fused-ring (bicyclic) bond motifs is 11. The second-order valence-electron chi connectivity index (χ2n) is 15.9. The molecule has 0 N–H and O–H groups in total. The minimum Gasteiger partial charge on any atom is -0.254 e. The van der Waals surface area contributed by atoms with Gasteiger partial charge in [0.15, 0.2) is 0 Å². The number of hydrogen-bond acceptors (Lipinski definition) is 3. The molecule has 3 nitrogen and oxygen atoms in total. The van der Waals surface area contributed by atoms with Gasteiger partial charge in [0.1, 0.15) is 0 Å². The first-order chi connectivity index (χ1) is 28.8. The van der Waals surface area contributed by atoms with Crippen molar-refractivity contribution in [3.8, 4) is 11.3 Å². The van der Waals surface area contributed by atoms with E-state index < -0.39 is 0 Å². The first kappa shape index (κ1) is 31.7. The highest BCUT2D eigenvalue weighted by Crippen LogP contribution is 2.54. The molecule has 2 atom stereocenters. The molecule has 4 aliphatic carbocycles. The van der Waals surface area contributed by atoms with Crippen LogP contribution in [-0.4, -0.2) is 15.0 Å². The van der Waals surface area contributed by atoms with Crippen molar-refractivity contribution in [1.29, 1.82) is 0 Å². The largest absolute Gasteiger partial charge is 0.254 e. The van der Waals surface area contributed by atoms with Gasteiger partial charge in [-0.3, -0.25) is 9.97 Å². The van der Waals surface area contributed by atoms with E-state index in [0.717, 1.165) is 38.6 Å². The number of para-hydroxylation sites is 1. The van der Waals surface area contributed by atoms with Crippen LogP contribution in [0.1, 0.15) is 11.1 Å². The third-order valence-electron chi connectivity index (χ3n) is 12.9. The van der Waals surface area contributed by atoms with Crippen LogP contribution in [0, 0.1) is 11.8 Å². The van der Waals surface area contributed by atoms with E-state index in [1.807, 2.05) is 24.5 Å². The summed E-state index contributed by atoms with van der Waals surface area (Å²) in [6.45, 7) is 0.